The lowest BCUT2D eigenvalue weighted by Gasteiger charge is -2.39. The molecule has 0 spiro atoms. The van der Waals surface area contributed by atoms with Crippen LogP contribution < -0.4 is 19.9 Å². The molecule has 1 N–H and O–H groups in total. The first kappa shape index (κ1) is 33.6. The molecule has 1 saturated carbocycles. The van der Waals surface area contributed by atoms with Crippen molar-refractivity contribution in [2.45, 2.75) is 71.4 Å². The molecule has 2 fully saturated rings. The fourth-order valence-electron chi connectivity index (χ4n) is 5.84. The Kier molecular flexibility index (Phi) is 11.6. The highest BCUT2D eigenvalue weighted by Gasteiger charge is 2.43. The number of nitrogens with zero attached hydrogens (tertiary/aromatic N) is 2. The number of rotatable bonds is 11. The first-order valence-corrected chi connectivity index (χ1v) is 15.9. The minimum atomic E-state index is -0.970. The zero-order valence-corrected chi connectivity index (χ0v) is 27.1. The summed E-state index contributed by atoms with van der Waals surface area (Å²) >= 11 is 0. The summed E-state index contributed by atoms with van der Waals surface area (Å²) in [6, 6.07) is 16.2. The Labute approximate surface area is 262 Å². The van der Waals surface area contributed by atoms with Crippen LogP contribution >= 0.6 is 0 Å². The number of nitrogens with one attached hydrogen (secondary N) is 1. The molecule has 44 heavy (non-hydrogen) atoms. The number of hydrogen-bond acceptors (Lipinski definition) is 7. The van der Waals surface area contributed by atoms with Crippen LogP contribution in [0.2, 0.25) is 0 Å². The molecule has 5 rings (SSSR count). The Hall–Kier alpha value is -3.27. The van der Waals surface area contributed by atoms with Crippen LogP contribution in [0.15, 0.2) is 48.5 Å². The minimum absolute atomic E-state index is 0.0418. The SMILES string of the molecule is CCOCCN1C(=O)C(C)(C)Oc2ccc(N(C(=O)C3CNCC(C(C)=O)C3)C3CC3)cc21.COCC(C)c1ccccc1. The second-order valence-electron chi connectivity index (χ2n) is 12.5. The van der Waals surface area contributed by atoms with E-state index in [0.29, 0.717) is 56.6 Å². The van der Waals surface area contributed by atoms with Gasteiger partial charge in [0, 0.05) is 56.9 Å². The van der Waals surface area contributed by atoms with Gasteiger partial charge in [-0.3, -0.25) is 14.4 Å². The maximum absolute atomic E-state index is 13.6. The second kappa shape index (κ2) is 15.1. The standard InChI is InChI=1S/C25H35N3O5.C10H14O/c1-5-32-11-10-27-21-13-20(8-9-22(21)33-25(3,4)24(27)31)28(19-6-7-19)23(30)18-12-17(16(2)29)14-26-15-18;1-9(8-11-2)10-6-4-3-5-7-10/h8-9,13,17-19,26H,5-7,10-12,14-15H2,1-4H3;3-7,9H,8H2,1-2H3. The highest BCUT2D eigenvalue weighted by Crippen LogP contribution is 2.42. The molecule has 3 atom stereocenters. The van der Waals surface area contributed by atoms with E-state index in [1.54, 1.807) is 32.8 Å². The van der Waals surface area contributed by atoms with Crippen molar-refractivity contribution in [3.8, 4) is 5.75 Å². The van der Waals surface area contributed by atoms with Gasteiger partial charge in [-0.25, -0.2) is 0 Å². The zero-order chi connectivity index (χ0) is 31.9. The van der Waals surface area contributed by atoms with E-state index < -0.39 is 5.60 Å². The van der Waals surface area contributed by atoms with Crippen molar-refractivity contribution in [2.75, 3.05) is 56.4 Å². The van der Waals surface area contributed by atoms with Crippen molar-refractivity contribution < 1.29 is 28.6 Å². The lowest BCUT2D eigenvalue weighted by Crippen LogP contribution is -2.53. The molecular weight excluding hydrogens is 558 g/mol. The van der Waals surface area contributed by atoms with Gasteiger partial charge in [0.25, 0.3) is 5.91 Å². The van der Waals surface area contributed by atoms with E-state index in [0.717, 1.165) is 25.1 Å². The molecule has 2 amide bonds. The fourth-order valence-corrected chi connectivity index (χ4v) is 5.84. The van der Waals surface area contributed by atoms with E-state index in [1.807, 2.05) is 36.1 Å². The molecule has 0 radical (unpaired) electrons. The normalized spacial score (nSPS) is 21.3. The van der Waals surface area contributed by atoms with Gasteiger partial charge in [-0.2, -0.15) is 0 Å². The number of carbonyl (C=O) groups excluding carboxylic acids is 3. The van der Waals surface area contributed by atoms with E-state index in [1.165, 1.54) is 5.56 Å². The molecule has 3 aliphatic rings. The number of carbonyl (C=O) groups is 3. The summed E-state index contributed by atoms with van der Waals surface area (Å²) in [5.41, 5.74) is 1.80. The molecule has 1 saturated heterocycles. The van der Waals surface area contributed by atoms with Crippen molar-refractivity contribution in [2.24, 2.45) is 11.8 Å². The van der Waals surface area contributed by atoms with Gasteiger partial charge in [-0.05, 0) is 70.7 Å². The fraction of sp³-hybridized carbons (Fsp3) is 0.571. The average Bonchev–Trinajstić information content (AvgIpc) is 3.85. The minimum Gasteiger partial charge on any atom is -0.476 e. The van der Waals surface area contributed by atoms with Crippen molar-refractivity contribution in [3.63, 3.8) is 0 Å². The Bertz CT molecular complexity index is 1280. The quantitative estimate of drug-likeness (QED) is 0.360. The number of methoxy groups -OCH3 is 1. The molecule has 0 aromatic heterocycles. The number of fused-ring (bicyclic) bond motifs is 1. The molecule has 2 heterocycles. The Morgan fingerprint density at radius 1 is 1.11 bits per heavy atom. The highest BCUT2D eigenvalue weighted by atomic mass is 16.5. The number of hydrogen-bond donors (Lipinski definition) is 1. The Balaban J connectivity index is 0.000000339. The number of ether oxygens (including phenoxy) is 3. The van der Waals surface area contributed by atoms with Crippen molar-refractivity contribution in [1.29, 1.82) is 0 Å². The Morgan fingerprint density at radius 3 is 2.45 bits per heavy atom. The summed E-state index contributed by atoms with van der Waals surface area (Å²) in [5.74, 6) is 0.794. The number of anilines is 2. The third-order valence-corrected chi connectivity index (χ3v) is 8.51. The van der Waals surface area contributed by atoms with Gasteiger partial charge in [0.1, 0.15) is 11.5 Å². The first-order valence-electron chi connectivity index (χ1n) is 15.9. The van der Waals surface area contributed by atoms with E-state index >= 15 is 0 Å². The molecular formula is C35H49N3O6. The van der Waals surface area contributed by atoms with Gasteiger partial charge >= 0.3 is 0 Å². The lowest BCUT2D eigenvalue weighted by atomic mass is 9.87. The molecule has 3 unspecified atom stereocenters. The number of ketones is 1. The van der Waals surface area contributed by atoms with Gasteiger partial charge in [-0.1, -0.05) is 37.3 Å². The monoisotopic (exact) mass is 607 g/mol. The first-order chi connectivity index (χ1) is 21.1. The number of benzene rings is 2. The number of amides is 2. The van der Waals surface area contributed by atoms with Crippen LogP contribution in [0.25, 0.3) is 0 Å². The number of piperidine rings is 1. The molecule has 2 aromatic rings. The highest BCUT2D eigenvalue weighted by molar-refractivity contribution is 6.04. The van der Waals surface area contributed by atoms with E-state index in [2.05, 4.69) is 36.5 Å². The van der Waals surface area contributed by atoms with Crippen LogP contribution in [-0.4, -0.2) is 75.8 Å². The van der Waals surface area contributed by atoms with Crippen LogP contribution in [0.4, 0.5) is 11.4 Å². The summed E-state index contributed by atoms with van der Waals surface area (Å²) in [7, 11) is 1.74. The van der Waals surface area contributed by atoms with Gasteiger partial charge in [0.2, 0.25) is 5.91 Å². The second-order valence-corrected chi connectivity index (χ2v) is 12.5. The van der Waals surface area contributed by atoms with Gasteiger partial charge in [0.05, 0.1) is 24.8 Å². The van der Waals surface area contributed by atoms with Gasteiger partial charge < -0.3 is 29.3 Å². The van der Waals surface area contributed by atoms with E-state index in [4.69, 9.17) is 14.2 Å². The molecule has 0 bridgehead atoms. The molecule has 1 aliphatic carbocycles. The third-order valence-electron chi connectivity index (χ3n) is 8.51. The zero-order valence-electron chi connectivity index (χ0n) is 27.1. The predicted octanol–water partition coefficient (Wildman–Crippen LogP) is 4.97. The predicted molar refractivity (Wildman–Crippen MR) is 172 cm³/mol. The summed E-state index contributed by atoms with van der Waals surface area (Å²) in [6.45, 7) is 12.6. The van der Waals surface area contributed by atoms with Crippen LogP contribution in [0.3, 0.4) is 0 Å². The van der Waals surface area contributed by atoms with Crippen molar-refractivity contribution in [1.82, 2.24) is 5.32 Å². The molecule has 9 heteroatoms. The van der Waals surface area contributed by atoms with E-state index in [-0.39, 0.29) is 35.5 Å². The van der Waals surface area contributed by atoms with Crippen molar-refractivity contribution in [3.05, 3.63) is 54.1 Å². The van der Waals surface area contributed by atoms with Crippen LogP contribution in [0.1, 0.15) is 65.4 Å². The molecule has 2 aromatic carbocycles. The van der Waals surface area contributed by atoms with E-state index in [9.17, 15) is 14.4 Å². The molecule has 240 valence electrons. The van der Waals surface area contributed by atoms with Crippen LogP contribution in [0.5, 0.6) is 5.75 Å². The summed E-state index contributed by atoms with van der Waals surface area (Å²) in [5, 5.41) is 3.26. The van der Waals surface area contributed by atoms with Crippen LogP contribution in [-0.2, 0) is 23.9 Å². The van der Waals surface area contributed by atoms with Gasteiger partial charge in [-0.15, -0.1) is 0 Å². The maximum atomic E-state index is 13.6. The number of Topliss-reactive ketones (excluding diaryl/α,β-unsaturated/α-hetero) is 1. The maximum Gasteiger partial charge on any atom is 0.270 e. The smallest absolute Gasteiger partial charge is 0.270 e. The van der Waals surface area contributed by atoms with Crippen LogP contribution in [0, 0.1) is 11.8 Å². The average molecular weight is 608 g/mol. The lowest BCUT2D eigenvalue weighted by molar-refractivity contribution is -0.133. The third kappa shape index (κ3) is 8.25. The topological polar surface area (TPSA) is 97.4 Å². The summed E-state index contributed by atoms with van der Waals surface area (Å²) < 4.78 is 16.6. The van der Waals surface area contributed by atoms with Gasteiger partial charge in [0.15, 0.2) is 5.60 Å². The molecule has 2 aliphatic heterocycles. The van der Waals surface area contributed by atoms with Crippen molar-refractivity contribution >= 4 is 29.0 Å². The molecule has 9 nitrogen and oxygen atoms in total. The summed E-state index contributed by atoms with van der Waals surface area (Å²) in [6.07, 6.45) is 2.48. The Morgan fingerprint density at radius 2 is 1.82 bits per heavy atom. The largest absolute Gasteiger partial charge is 0.476 e. The summed E-state index contributed by atoms with van der Waals surface area (Å²) in [4.78, 5) is 42.3.